The molecule has 49 heavy (non-hydrogen) atoms. The molecule has 0 aromatic rings. The topological polar surface area (TPSA) is 89.8 Å². The molecular formula is C44H89NO4. The molecule has 0 aliphatic heterocycles. The lowest BCUT2D eigenvalue weighted by Gasteiger charge is -2.23. The second-order valence-corrected chi connectivity index (χ2v) is 15.7. The molecule has 0 saturated heterocycles. The molecule has 0 spiro atoms. The van der Waals surface area contributed by atoms with Gasteiger partial charge in [0, 0.05) is 0 Å². The van der Waals surface area contributed by atoms with E-state index in [4.69, 9.17) is 0 Å². The zero-order valence-corrected chi connectivity index (χ0v) is 33.4. The van der Waals surface area contributed by atoms with Crippen molar-refractivity contribution in [1.29, 1.82) is 0 Å². The number of unbranched alkanes of at least 4 members (excludes halogenated alkanes) is 32. The number of hydrogen-bond acceptors (Lipinski definition) is 4. The number of carbonyl (C=O) groups excluding carboxylic acids is 1. The van der Waals surface area contributed by atoms with Crippen LogP contribution in [-0.4, -0.2) is 46.1 Å². The average molecular weight is 696 g/mol. The van der Waals surface area contributed by atoms with Gasteiger partial charge >= 0.3 is 0 Å². The summed E-state index contributed by atoms with van der Waals surface area (Å²) in [5.74, 6) is -0.278. The highest BCUT2D eigenvalue weighted by atomic mass is 16.3. The van der Waals surface area contributed by atoms with Crippen molar-refractivity contribution in [3.63, 3.8) is 0 Å². The molecule has 0 heterocycles. The van der Waals surface area contributed by atoms with E-state index in [1.54, 1.807) is 0 Å². The average Bonchev–Trinajstić information content (AvgIpc) is 3.09. The van der Waals surface area contributed by atoms with E-state index in [9.17, 15) is 20.1 Å². The van der Waals surface area contributed by atoms with Crippen LogP contribution in [0, 0.1) is 0 Å². The molecule has 1 amide bonds. The third kappa shape index (κ3) is 36.9. The lowest BCUT2D eigenvalue weighted by molar-refractivity contribution is -0.125. The highest BCUT2D eigenvalue weighted by Crippen LogP contribution is 2.17. The lowest BCUT2D eigenvalue weighted by atomic mass is 10.0. The van der Waals surface area contributed by atoms with Gasteiger partial charge < -0.3 is 20.6 Å². The lowest BCUT2D eigenvalue weighted by Crippen LogP contribution is -2.46. The molecule has 4 N–H and O–H groups in total. The Kier molecular flexibility index (Phi) is 39.6. The minimum Gasteiger partial charge on any atom is -0.394 e. The Morgan fingerprint density at radius 2 is 0.694 bits per heavy atom. The maximum Gasteiger partial charge on any atom is 0.222 e. The van der Waals surface area contributed by atoms with E-state index in [1.807, 2.05) is 0 Å². The molecule has 3 atom stereocenters. The van der Waals surface area contributed by atoms with Crippen LogP contribution in [0.5, 0.6) is 0 Å². The molecule has 294 valence electrons. The van der Waals surface area contributed by atoms with Crippen LogP contribution in [0.4, 0.5) is 0 Å². The third-order valence-corrected chi connectivity index (χ3v) is 10.7. The third-order valence-electron chi connectivity index (χ3n) is 10.7. The predicted octanol–water partition coefficient (Wildman–Crippen LogP) is 12.7. The minimum absolute atomic E-state index is 0.0427. The van der Waals surface area contributed by atoms with Crippen LogP contribution >= 0.6 is 0 Å². The molecule has 3 unspecified atom stereocenters. The first-order valence-corrected chi connectivity index (χ1v) is 22.3. The highest BCUT2D eigenvalue weighted by molar-refractivity contribution is 5.76. The van der Waals surface area contributed by atoms with Crippen molar-refractivity contribution in [3.8, 4) is 0 Å². The molecule has 0 rings (SSSR count). The molecule has 0 aliphatic rings. The Morgan fingerprint density at radius 3 is 0.980 bits per heavy atom. The fraction of sp³-hybridized carbons (Fsp3) is 0.977. The molecule has 5 heteroatoms. The van der Waals surface area contributed by atoms with Crippen LogP contribution in [0.3, 0.4) is 0 Å². The van der Waals surface area contributed by atoms with E-state index in [2.05, 4.69) is 19.2 Å². The van der Waals surface area contributed by atoms with Crippen molar-refractivity contribution in [3.05, 3.63) is 0 Å². The Balaban J connectivity index is 3.57. The van der Waals surface area contributed by atoms with Crippen LogP contribution in [0.2, 0.25) is 0 Å². The second-order valence-electron chi connectivity index (χ2n) is 15.7. The first kappa shape index (κ1) is 48.3. The van der Waals surface area contributed by atoms with Gasteiger partial charge in [0.05, 0.1) is 31.3 Å². The van der Waals surface area contributed by atoms with Gasteiger partial charge in [0.2, 0.25) is 5.91 Å². The standard InChI is InChI=1S/C44H89NO4/c1-3-5-7-9-11-13-15-17-19-20-21-22-24-26-28-30-32-34-36-38-43(48)42(40-46)45-44(49)39-41(47)37-35-33-31-29-27-25-23-18-16-14-12-10-8-6-4-2/h41-43,46-48H,3-40H2,1-2H3,(H,45,49). The summed E-state index contributed by atoms with van der Waals surface area (Å²) in [4.78, 5) is 12.4. The Bertz CT molecular complexity index is 644. The summed E-state index contributed by atoms with van der Waals surface area (Å²) < 4.78 is 0. The number of carbonyl (C=O) groups is 1. The SMILES string of the molecule is CCCCCCCCCCCCCCCCCCCCCC(O)C(CO)NC(=O)CC(O)CCCCCCCCCCCCCCCCC. The van der Waals surface area contributed by atoms with Crippen LogP contribution < -0.4 is 5.32 Å². The van der Waals surface area contributed by atoms with Gasteiger partial charge in [-0.15, -0.1) is 0 Å². The zero-order chi connectivity index (χ0) is 35.9. The van der Waals surface area contributed by atoms with Crippen LogP contribution in [-0.2, 0) is 4.79 Å². The van der Waals surface area contributed by atoms with Crippen molar-refractivity contribution in [2.24, 2.45) is 0 Å². The molecule has 0 bridgehead atoms. The molecule has 0 radical (unpaired) electrons. The van der Waals surface area contributed by atoms with Gasteiger partial charge in [0.15, 0.2) is 0 Å². The number of nitrogens with one attached hydrogen (secondary N) is 1. The first-order valence-electron chi connectivity index (χ1n) is 22.3. The fourth-order valence-corrected chi connectivity index (χ4v) is 7.23. The summed E-state index contributed by atoms with van der Waals surface area (Å²) in [6.07, 6.45) is 45.0. The summed E-state index contributed by atoms with van der Waals surface area (Å²) in [7, 11) is 0. The van der Waals surface area contributed by atoms with Crippen molar-refractivity contribution in [1.82, 2.24) is 5.32 Å². The molecule has 0 aliphatic carbocycles. The van der Waals surface area contributed by atoms with Crippen molar-refractivity contribution < 1.29 is 20.1 Å². The summed E-state index contributed by atoms with van der Waals surface area (Å²) in [5, 5.41) is 33.4. The van der Waals surface area contributed by atoms with Crippen molar-refractivity contribution >= 4 is 5.91 Å². The van der Waals surface area contributed by atoms with Crippen LogP contribution in [0.25, 0.3) is 0 Å². The number of amides is 1. The van der Waals surface area contributed by atoms with E-state index < -0.39 is 18.2 Å². The molecule has 0 aromatic carbocycles. The second kappa shape index (κ2) is 40.1. The zero-order valence-electron chi connectivity index (χ0n) is 33.4. The van der Waals surface area contributed by atoms with Gasteiger partial charge in [-0.25, -0.2) is 0 Å². The summed E-state index contributed by atoms with van der Waals surface area (Å²) >= 11 is 0. The van der Waals surface area contributed by atoms with E-state index in [-0.39, 0.29) is 18.9 Å². The first-order chi connectivity index (χ1) is 24.0. The summed E-state index contributed by atoms with van der Waals surface area (Å²) in [5.41, 5.74) is 0. The maximum absolute atomic E-state index is 12.4. The normalized spacial score (nSPS) is 13.5. The summed E-state index contributed by atoms with van der Waals surface area (Å²) in [6, 6.07) is -0.652. The van der Waals surface area contributed by atoms with Gasteiger partial charge in [0.1, 0.15) is 0 Å². The van der Waals surface area contributed by atoms with Gasteiger partial charge in [-0.1, -0.05) is 232 Å². The van der Waals surface area contributed by atoms with Gasteiger partial charge in [-0.3, -0.25) is 4.79 Å². The molecule has 0 aromatic heterocycles. The van der Waals surface area contributed by atoms with E-state index >= 15 is 0 Å². The molecule has 5 nitrogen and oxygen atoms in total. The predicted molar refractivity (Wildman–Crippen MR) is 213 cm³/mol. The number of aliphatic hydroxyl groups excluding tert-OH is 3. The van der Waals surface area contributed by atoms with Gasteiger partial charge in [0.25, 0.3) is 0 Å². The number of aliphatic hydroxyl groups is 3. The summed E-state index contributed by atoms with van der Waals surface area (Å²) in [6.45, 7) is 4.28. The fourth-order valence-electron chi connectivity index (χ4n) is 7.23. The Hall–Kier alpha value is -0.650. The van der Waals surface area contributed by atoms with E-state index in [1.165, 1.54) is 193 Å². The van der Waals surface area contributed by atoms with Crippen molar-refractivity contribution in [2.75, 3.05) is 6.61 Å². The quantitative estimate of drug-likeness (QED) is 0.0479. The minimum atomic E-state index is -0.743. The molecule has 0 fully saturated rings. The van der Waals surface area contributed by atoms with Gasteiger partial charge in [-0.05, 0) is 12.8 Å². The van der Waals surface area contributed by atoms with Crippen molar-refractivity contribution in [2.45, 2.75) is 270 Å². The Morgan fingerprint density at radius 1 is 0.429 bits per heavy atom. The Labute approximate surface area is 307 Å². The maximum atomic E-state index is 12.4. The van der Waals surface area contributed by atoms with Crippen LogP contribution in [0.15, 0.2) is 0 Å². The number of rotatable bonds is 41. The molecular weight excluding hydrogens is 606 g/mol. The molecule has 0 saturated carbocycles. The highest BCUT2D eigenvalue weighted by Gasteiger charge is 2.21. The van der Waals surface area contributed by atoms with E-state index in [0.717, 1.165) is 25.7 Å². The van der Waals surface area contributed by atoms with Gasteiger partial charge in [-0.2, -0.15) is 0 Å². The monoisotopic (exact) mass is 696 g/mol. The smallest absolute Gasteiger partial charge is 0.222 e. The van der Waals surface area contributed by atoms with Crippen LogP contribution in [0.1, 0.15) is 251 Å². The number of hydrogen-bond donors (Lipinski definition) is 4. The largest absolute Gasteiger partial charge is 0.394 e. The van der Waals surface area contributed by atoms with E-state index in [0.29, 0.717) is 12.8 Å².